The largest absolute Gasteiger partial charge is 0.294 e. The van der Waals surface area contributed by atoms with Crippen molar-refractivity contribution >= 4 is 21.7 Å². The Morgan fingerprint density at radius 3 is 2.15 bits per heavy atom. The summed E-state index contributed by atoms with van der Waals surface area (Å²) in [5.74, 6) is -4.79. The van der Waals surface area contributed by atoms with E-state index >= 15 is 0 Å². The fraction of sp³-hybridized carbons (Fsp3) is 0.0714. The second kappa shape index (κ2) is 5.75. The van der Waals surface area contributed by atoms with Crippen LogP contribution in [0.1, 0.15) is 15.9 Å². The molecule has 2 aromatic carbocycles. The number of Topliss-reactive ketones (excluding diaryl/α,β-unsaturated/α-hetero) is 1. The molecule has 2 rings (SSSR count). The second-order valence-corrected chi connectivity index (χ2v) is 4.82. The zero-order chi connectivity index (χ0) is 14.9. The van der Waals surface area contributed by atoms with Crippen LogP contribution in [-0.4, -0.2) is 5.78 Å². The molecular weight excluding hydrogens is 340 g/mol. The first-order valence-corrected chi connectivity index (χ1v) is 6.30. The highest BCUT2D eigenvalue weighted by Gasteiger charge is 2.19. The number of hydrogen-bond donors (Lipinski definition) is 0. The minimum atomic E-state index is -1.22. The minimum Gasteiger partial charge on any atom is -0.294 e. The molecule has 0 atom stereocenters. The summed E-state index contributed by atoms with van der Waals surface area (Å²) in [4.78, 5) is 12.0. The van der Waals surface area contributed by atoms with Crippen molar-refractivity contribution in [3.63, 3.8) is 0 Å². The predicted octanol–water partition coefficient (Wildman–Crippen LogP) is 4.43. The summed E-state index contributed by atoms with van der Waals surface area (Å²) >= 11 is 2.76. The van der Waals surface area contributed by atoms with E-state index in [1.165, 1.54) is 6.07 Å². The molecule has 0 spiro atoms. The zero-order valence-corrected chi connectivity index (χ0v) is 11.5. The molecule has 0 amide bonds. The van der Waals surface area contributed by atoms with Crippen LogP contribution in [0.2, 0.25) is 0 Å². The molecule has 0 N–H and O–H groups in total. The molecule has 0 aliphatic rings. The number of benzene rings is 2. The van der Waals surface area contributed by atoms with Crippen molar-refractivity contribution in [3.8, 4) is 0 Å². The van der Waals surface area contributed by atoms with E-state index in [1.54, 1.807) is 0 Å². The van der Waals surface area contributed by atoms with E-state index in [0.29, 0.717) is 0 Å². The summed E-state index contributed by atoms with van der Waals surface area (Å²) < 4.78 is 52.8. The lowest BCUT2D eigenvalue weighted by Crippen LogP contribution is -2.09. The Morgan fingerprint density at radius 2 is 1.55 bits per heavy atom. The van der Waals surface area contributed by atoms with E-state index in [0.717, 1.165) is 24.3 Å². The molecule has 2 aromatic rings. The summed E-state index contributed by atoms with van der Waals surface area (Å²) in [7, 11) is 0. The van der Waals surface area contributed by atoms with Crippen molar-refractivity contribution < 1.29 is 22.4 Å². The Balaban J connectivity index is 2.36. The maximum absolute atomic E-state index is 13.4. The van der Waals surface area contributed by atoms with Gasteiger partial charge in [-0.05, 0) is 40.2 Å². The highest BCUT2D eigenvalue weighted by molar-refractivity contribution is 9.10. The van der Waals surface area contributed by atoms with Crippen LogP contribution in [-0.2, 0) is 6.42 Å². The maximum Gasteiger partial charge on any atom is 0.173 e. The molecule has 0 saturated heterocycles. The van der Waals surface area contributed by atoms with E-state index in [4.69, 9.17) is 0 Å². The smallest absolute Gasteiger partial charge is 0.173 e. The highest BCUT2D eigenvalue weighted by Crippen LogP contribution is 2.25. The molecular formula is C14H7BrF4O. The summed E-state index contributed by atoms with van der Waals surface area (Å²) in [5.41, 5.74) is -0.583. The van der Waals surface area contributed by atoms with Crippen LogP contribution in [0.15, 0.2) is 34.8 Å². The average molecular weight is 347 g/mol. The summed E-state index contributed by atoms with van der Waals surface area (Å²) in [6.45, 7) is 0. The van der Waals surface area contributed by atoms with Crippen LogP contribution in [0.25, 0.3) is 0 Å². The van der Waals surface area contributed by atoms with Crippen LogP contribution in [0.3, 0.4) is 0 Å². The quantitative estimate of drug-likeness (QED) is 0.456. The summed E-state index contributed by atoms with van der Waals surface area (Å²) in [6, 6.07) is 5.05. The van der Waals surface area contributed by atoms with E-state index < -0.39 is 41.0 Å². The van der Waals surface area contributed by atoms with E-state index in [9.17, 15) is 22.4 Å². The van der Waals surface area contributed by atoms with Crippen LogP contribution in [0, 0.1) is 23.3 Å². The third-order valence-electron chi connectivity index (χ3n) is 2.73. The van der Waals surface area contributed by atoms with Crippen LogP contribution in [0.4, 0.5) is 17.6 Å². The van der Waals surface area contributed by atoms with Crippen LogP contribution >= 0.6 is 15.9 Å². The van der Waals surface area contributed by atoms with E-state index in [-0.39, 0.29) is 10.0 Å². The van der Waals surface area contributed by atoms with Gasteiger partial charge in [-0.3, -0.25) is 4.79 Å². The molecule has 0 saturated carbocycles. The van der Waals surface area contributed by atoms with Gasteiger partial charge in [0.05, 0.1) is 4.47 Å². The van der Waals surface area contributed by atoms with Gasteiger partial charge in [-0.2, -0.15) is 0 Å². The van der Waals surface area contributed by atoms with Crippen molar-refractivity contribution in [1.82, 2.24) is 0 Å². The number of carbonyl (C=O) groups excluding carboxylic acids is 1. The number of hydrogen-bond acceptors (Lipinski definition) is 1. The predicted molar refractivity (Wildman–Crippen MR) is 68.5 cm³/mol. The van der Waals surface area contributed by atoms with Gasteiger partial charge in [0.2, 0.25) is 0 Å². The molecule has 0 aromatic heterocycles. The molecule has 0 heterocycles. The molecule has 0 unspecified atom stereocenters. The van der Waals surface area contributed by atoms with Gasteiger partial charge < -0.3 is 0 Å². The van der Waals surface area contributed by atoms with E-state index in [1.807, 2.05) is 0 Å². The van der Waals surface area contributed by atoms with Crippen LogP contribution in [0.5, 0.6) is 0 Å². The first-order chi connectivity index (χ1) is 9.41. The Morgan fingerprint density at radius 1 is 0.950 bits per heavy atom. The van der Waals surface area contributed by atoms with Crippen molar-refractivity contribution in [3.05, 3.63) is 69.2 Å². The van der Waals surface area contributed by atoms with Gasteiger partial charge in [0.25, 0.3) is 0 Å². The first-order valence-electron chi connectivity index (χ1n) is 5.51. The fourth-order valence-electron chi connectivity index (χ4n) is 1.70. The van der Waals surface area contributed by atoms with Gasteiger partial charge in [0.1, 0.15) is 11.6 Å². The number of ketones is 1. The van der Waals surface area contributed by atoms with Crippen LogP contribution < -0.4 is 0 Å². The lowest BCUT2D eigenvalue weighted by molar-refractivity contribution is 0.0989. The minimum absolute atomic E-state index is 0.174. The molecule has 1 nitrogen and oxygen atoms in total. The van der Waals surface area contributed by atoms with Gasteiger partial charge in [-0.25, -0.2) is 17.6 Å². The monoisotopic (exact) mass is 346 g/mol. The Bertz CT molecular complexity index is 665. The molecule has 20 heavy (non-hydrogen) atoms. The molecule has 104 valence electrons. The Hall–Kier alpha value is -1.69. The van der Waals surface area contributed by atoms with Gasteiger partial charge >= 0.3 is 0 Å². The highest BCUT2D eigenvalue weighted by atomic mass is 79.9. The van der Waals surface area contributed by atoms with Crippen molar-refractivity contribution in [2.75, 3.05) is 0 Å². The third-order valence-corrected chi connectivity index (χ3v) is 3.51. The Kier molecular flexibility index (Phi) is 4.23. The van der Waals surface area contributed by atoms with Crippen molar-refractivity contribution in [2.24, 2.45) is 0 Å². The SMILES string of the molecule is O=C(Cc1c(F)cccc1F)c1ccc(F)c(F)c1Br. The molecule has 0 bridgehead atoms. The van der Waals surface area contributed by atoms with Crippen molar-refractivity contribution in [2.45, 2.75) is 6.42 Å². The zero-order valence-electron chi connectivity index (χ0n) is 9.89. The third kappa shape index (κ3) is 2.75. The maximum atomic E-state index is 13.4. The second-order valence-electron chi connectivity index (χ2n) is 4.02. The summed E-state index contributed by atoms with van der Waals surface area (Å²) in [6.07, 6.45) is -0.581. The molecule has 0 radical (unpaired) electrons. The molecule has 6 heteroatoms. The van der Waals surface area contributed by atoms with Crippen molar-refractivity contribution in [1.29, 1.82) is 0 Å². The van der Waals surface area contributed by atoms with E-state index in [2.05, 4.69) is 15.9 Å². The fourth-order valence-corrected chi connectivity index (χ4v) is 2.24. The number of halogens is 5. The molecule has 0 aliphatic heterocycles. The number of rotatable bonds is 3. The average Bonchev–Trinajstić information content (AvgIpc) is 2.40. The number of carbonyl (C=O) groups is 1. The molecule has 0 aliphatic carbocycles. The lowest BCUT2D eigenvalue weighted by atomic mass is 10.0. The van der Waals surface area contributed by atoms with Gasteiger partial charge in [-0.15, -0.1) is 0 Å². The van der Waals surface area contributed by atoms with Gasteiger partial charge in [0, 0.05) is 17.5 Å². The first kappa shape index (κ1) is 14.7. The summed E-state index contributed by atoms with van der Waals surface area (Å²) in [5, 5.41) is 0. The standard InChI is InChI=1S/C14H7BrF4O/c15-13-7(4-5-11(18)14(13)19)12(20)6-8-9(16)2-1-3-10(8)17/h1-5H,6H2. The van der Waals surface area contributed by atoms with Gasteiger partial charge in [-0.1, -0.05) is 6.07 Å². The lowest BCUT2D eigenvalue weighted by Gasteiger charge is -2.07. The normalized spacial score (nSPS) is 10.7. The van der Waals surface area contributed by atoms with Gasteiger partial charge in [0.15, 0.2) is 17.4 Å². The Labute approximate surface area is 120 Å². The topological polar surface area (TPSA) is 17.1 Å². The molecule has 0 fully saturated rings.